The second-order valence-electron chi connectivity index (χ2n) is 24.2. The molecule has 8 saturated heterocycles. The Kier molecular flexibility index (Phi) is 25.7. The van der Waals surface area contributed by atoms with Crippen LogP contribution in [0.1, 0.15) is 85.0 Å². The summed E-state index contributed by atoms with van der Waals surface area (Å²) in [4.78, 5) is 41.2. The van der Waals surface area contributed by atoms with Crippen LogP contribution in [0.5, 0.6) is 0 Å². The average Bonchev–Trinajstić information content (AvgIpc) is 1.43. The van der Waals surface area contributed by atoms with Crippen LogP contribution in [-0.4, -0.2) is 158 Å². The number of piperidine rings is 4. The molecule has 0 bridgehead atoms. The van der Waals surface area contributed by atoms with Gasteiger partial charge in [-0.15, -0.1) is 0 Å². The Labute approximate surface area is 580 Å². The molecule has 6 aromatic rings. The summed E-state index contributed by atoms with van der Waals surface area (Å²) in [5.41, 5.74) is 13.3. The number of hydrogen-bond acceptors (Lipinski definition) is 22. The van der Waals surface area contributed by atoms with E-state index < -0.39 is 40.2 Å². The van der Waals surface area contributed by atoms with Crippen LogP contribution in [-0.2, 0) is 50.2 Å². The first-order valence-corrected chi connectivity index (χ1v) is 33.7. The van der Waals surface area contributed by atoms with Crippen molar-refractivity contribution in [3.05, 3.63) is 160 Å². The molecule has 0 radical (unpaired) electrons. The van der Waals surface area contributed by atoms with E-state index in [0.29, 0.717) is 32.1 Å². The van der Waals surface area contributed by atoms with Crippen molar-refractivity contribution < 1.29 is 74.1 Å². The van der Waals surface area contributed by atoms with Gasteiger partial charge >= 0.3 is 12.4 Å². The number of nitrogens with zero attached hydrogens (tertiary/aromatic N) is 9. The Morgan fingerprint density at radius 2 is 0.857 bits per heavy atom. The summed E-state index contributed by atoms with van der Waals surface area (Å²) in [6.45, 7) is 20.7. The minimum absolute atomic E-state index is 0.0627. The van der Waals surface area contributed by atoms with Gasteiger partial charge < -0.3 is 69.0 Å². The number of hydrogen-bond donors (Lipinski definition) is 3. The van der Waals surface area contributed by atoms with Crippen molar-refractivity contribution >= 4 is 77.6 Å². The molecular weight excluding hydrogens is 1430 g/mol. The maximum absolute atomic E-state index is 12.8. The van der Waals surface area contributed by atoms with Gasteiger partial charge in [0.1, 0.15) is 11.4 Å². The zero-order valence-corrected chi connectivity index (χ0v) is 57.9. The SMILES string of the molecule is C1CC2(CCN1)OCCO2.Cc1ccc(N)cc1N1CCC2(CC1)OCCO2.Cc1ccc(Nc2nccc(C(F)(F)F)n2)cc1N1CCC2(CC1)OCCO2.Cc1ccc([N+](=O)[O-])cc1Br.Cc1ccc([N+](=O)[O-])cc1N1CCC2(CC1)OCCO2.FC(F)(F)c1ccnc(Br)n1. The fourth-order valence-electron chi connectivity index (χ4n) is 12.2. The van der Waals surface area contributed by atoms with Crippen LogP contribution < -0.4 is 31.1 Å². The Bertz CT molecular complexity index is 3620. The standard InChI is InChI=1S/C19H21F3N4O2.C14H18N2O4.C14H20N2O2.C7H6BrNO2.C7H13NO2.C5H2BrF3N2/c1-13-2-3-14(24-17-23-7-4-16(25-17)19(20,21)22)12-15(13)26-8-5-18(6-9-26)27-10-11-28-18;1-11-2-3-12(16(17)18)10-13(11)15-6-4-14(5-7-15)19-8-9-20-14;1-11-2-3-12(15)10-13(11)16-6-4-14(5-7-16)17-8-9-18-14;1-5-2-3-6(9(10)11)4-7(5)8;1-3-8-4-2-7(1)9-5-6-10-7;6-4-10-2-1-3(11-4)5(7,8)9/h2-4,7,12H,5-6,8-11H2,1H3,(H,23,24,25);2-3,10H,4-9H2,1H3;2-3,10H,4-9,15H2,1H3;2-4H,1H3;8H,1-6H2;1-2H. The molecular formula is C66H80Br2F6N12O12. The highest BCUT2D eigenvalue weighted by Gasteiger charge is 2.43. The van der Waals surface area contributed by atoms with Crippen molar-refractivity contribution in [2.45, 2.75) is 115 Å². The van der Waals surface area contributed by atoms with E-state index in [1.54, 1.807) is 30.3 Å². The van der Waals surface area contributed by atoms with E-state index in [-0.39, 0.29) is 38.6 Å². The fraction of sp³-hybridized carbons (Fsp3) is 0.515. The first-order chi connectivity index (χ1) is 46.6. The Morgan fingerprint density at radius 3 is 1.27 bits per heavy atom. The summed E-state index contributed by atoms with van der Waals surface area (Å²) in [5, 5.41) is 27.3. The van der Waals surface area contributed by atoms with Crippen LogP contribution in [0.25, 0.3) is 0 Å². The number of halogens is 8. The predicted molar refractivity (Wildman–Crippen MR) is 360 cm³/mol. The molecule has 0 atom stereocenters. The third-order valence-corrected chi connectivity index (χ3v) is 18.8. The minimum atomic E-state index is -4.51. The molecule has 8 aliphatic rings. The predicted octanol–water partition coefficient (Wildman–Crippen LogP) is 13.1. The number of nitrogens with one attached hydrogen (secondary N) is 2. The fourth-order valence-corrected chi connectivity index (χ4v) is 12.8. The second kappa shape index (κ2) is 33.5. The summed E-state index contributed by atoms with van der Waals surface area (Å²) in [5.74, 6) is -1.44. The lowest BCUT2D eigenvalue weighted by atomic mass is 10.0. The van der Waals surface area contributed by atoms with Gasteiger partial charge in [-0.1, -0.05) is 40.2 Å². The van der Waals surface area contributed by atoms with E-state index >= 15 is 0 Å². The van der Waals surface area contributed by atoms with Crippen molar-refractivity contribution in [1.82, 2.24) is 25.3 Å². The number of alkyl halides is 6. The summed E-state index contributed by atoms with van der Waals surface area (Å²) in [7, 11) is 0. The lowest BCUT2D eigenvalue weighted by Gasteiger charge is -2.39. The zero-order valence-electron chi connectivity index (χ0n) is 54.7. The van der Waals surface area contributed by atoms with Crippen LogP contribution in [0.3, 0.4) is 0 Å². The number of nitrogen functional groups attached to an aromatic ring is 1. The lowest BCUT2D eigenvalue weighted by molar-refractivity contribution is -0.385. The molecule has 0 saturated carbocycles. The molecule has 32 heteroatoms. The Balaban J connectivity index is 0.000000143. The number of rotatable bonds is 7. The second-order valence-corrected chi connectivity index (χ2v) is 25.8. The third kappa shape index (κ3) is 20.6. The van der Waals surface area contributed by atoms with Gasteiger partial charge in [-0.05, 0) is 102 Å². The van der Waals surface area contributed by atoms with Gasteiger partial charge in [0.2, 0.25) is 5.95 Å². The maximum atomic E-state index is 12.8. The highest BCUT2D eigenvalue weighted by Crippen LogP contribution is 2.39. The Morgan fingerprint density at radius 1 is 0.490 bits per heavy atom. The topological polar surface area (TPSA) is 271 Å². The van der Waals surface area contributed by atoms with Crippen LogP contribution in [0.4, 0.5) is 72.1 Å². The van der Waals surface area contributed by atoms with E-state index in [1.165, 1.54) is 23.4 Å². The van der Waals surface area contributed by atoms with Gasteiger partial charge in [0.15, 0.2) is 27.9 Å². The molecule has 8 fully saturated rings. The number of nitro benzene ring substituents is 2. The smallest absolute Gasteiger partial charge is 0.399 e. The van der Waals surface area contributed by atoms with E-state index in [1.807, 2.05) is 39.0 Å². The number of non-ortho nitro benzene ring substituents is 2. The number of aromatic nitrogens is 4. The van der Waals surface area contributed by atoms with E-state index in [2.05, 4.69) is 96.2 Å². The normalized spacial score (nSPS) is 19.6. The van der Waals surface area contributed by atoms with Crippen molar-refractivity contribution in [3.63, 3.8) is 0 Å². The number of anilines is 6. The molecule has 98 heavy (non-hydrogen) atoms. The molecule has 0 unspecified atom stereocenters. The van der Waals surface area contributed by atoms with Gasteiger partial charge in [-0.3, -0.25) is 20.2 Å². The molecule has 2 aromatic heterocycles. The molecule has 532 valence electrons. The molecule has 4 spiro atoms. The molecule has 0 aliphatic carbocycles. The molecule has 8 aliphatic heterocycles. The van der Waals surface area contributed by atoms with E-state index in [4.69, 9.17) is 43.6 Å². The number of ether oxygens (including phenoxy) is 8. The van der Waals surface area contributed by atoms with Crippen molar-refractivity contribution in [2.24, 2.45) is 0 Å². The van der Waals surface area contributed by atoms with Gasteiger partial charge in [-0.2, -0.15) is 26.3 Å². The van der Waals surface area contributed by atoms with Gasteiger partial charge in [0.05, 0.1) is 62.7 Å². The Hall–Kier alpha value is -6.98. The maximum Gasteiger partial charge on any atom is 0.433 e. The third-order valence-electron chi connectivity index (χ3n) is 17.5. The van der Waals surface area contributed by atoms with Crippen LogP contribution >= 0.6 is 31.9 Å². The largest absolute Gasteiger partial charge is 0.433 e. The molecule has 4 N–H and O–H groups in total. The van der Waals surface area contributed by atoms with Crippen molar-refractivity contribution in [2.75, 3.05) is 131 Å². The number of nitrogens with two attached hydrogens (primary N) is 1. The van der Waals surface area contributed by atoms with E-state index in [9.17, 15) is 46.6 Å². The highest BCUT2D eigenvalue weighted by atomic mass is 79.9. The molecule has 14 rings (SSSR count). The first kappa shape index (κ1) is 75.2. The average molecular weight is 1510 g/mol. The molecule has 0 amide bonds. The van der Waals surface area contributed by atoms with Crippen LogP contribution in [0.2, 0.25) is 0 Å². The number of benzene rings is 4. The van der Waals surface area contributed by atoms with Crippen LogP contribution in [0.15, 0.2) is 107 Å². The van der Waals surface area contributed by atoms with Gasteiger partial charge in [0, 0.05) is 173 Å². The highest BCUT2D eigenvalue weighted by molar-refractivity contribution is 9.10. The summed E-state index contributed by atoms with van der Waals surface area (Å²) in [6, 6.07) is 23.1. The number of nitro groups is 2. The summed E-state index contributed by atoms with van der Waals surface area (Å²) < 4.78 is 120. The minimum Gasteiger partial charge on any atom is -0.399 e. The number of aryl methyl sites for hydroxylation is 4. The van der Waals surface area contributed by atoms with Gasteiger partial charge in [0.25, 0.3) is 11.4 Å². The summed E-state index contributed by atoms with van der Waals surface area (Å²) >= 11 is 5.94. The van der Waals surface area contributed by atoms with Crippen molar-refractivity contribution in [1.29, 1.82) is 0 Å². The van der Waals surface area contributed by atoms with E-state index in [0.717, 1.165) is 193 Å². The molecule has 24 nitrogen and oxygen atoms in total. The lowest BCUT2D eigenvalue weighted by Crippen LogP contribution is -2.45. The quantitative estimate of drug-likeness (QED) is 0.0440. The zero-order chi connectivity index (χ0) is 70.3. The van der Waals surface area contributed by atoms with Gasteiger partial charge in [-0.25, -0.2) is 19.9 Å². The first-order valence-electron chi connectivity index (χ1n) is 32.1. The molecule has 4 aromatic carbocycles. The van der Waals surface area contributed by atoms with Crippen molar-refractivity contribution in [3.8, 4) is 0 Å². The summed E-state index contributed by atoms with van der Waals surface area (Å²) in [6.07, 6.45) is 0.269. The van der Waals surface area contributed by atoms with Crippen LogP contribution in [0, 0.1) is 47.9 Å². The monoisotopic (exact) mass is 1500 g/mol. The molecule has 10 heterocycles.